The van der Waals surface area contributed by atoms with Crippen molar-refractivity contribution in [2.75, 3.05) is 19.6 Å². The number of likely N-dealkylation sites (tertiary alicyclic amines) is 1. The number of fused-ring (bicyclic) bond motifs is 1. The molecule has 0 aliphatic carbocycles. The molecule has 1 N–H and O–H groups in total. The highest BCUT2D eigenvalue weighted by Crippen LogP contribution is 2.33. The van der Waals surface area contributed by atoms with Gasteiger partial charge in [0.15, 0.2) is 0 Å². The Labute approximate surface area is 168 Å². The van der Waals surface area contributed by atoms with Gasteiger partial charge in [0, 0.05) is 24.7 Å². The number of aromatic nitrogens is 3. The second-order valence-corrected chi connectivity index (χ2v) is 7.80. The maximum absolute atomic E-state index is 12.5. The molecule has 28 heavy (non-hydrogen) atoms. The minimum atomic E-state index is -0.790. The van der Waals surface area contributed by atoms with Crippen molar-refractivity contribution >= 4 is 22.5 Å². The van der Waals surface area contributed by atoms with Crippen molar-refractivity contribution < 1.29 is 5.11 Å². The maximum Gasteiger partial charge on any atom is 0.277 e. The van der Waals surface area contributed by atoms with Crippen LogP contribution in [0.15, 0.2) is 53.3 Å². The Bertz CT molecular complexity index is 1010. The van der Waals surface area contributed by atoms with Crippen molar-refractivity contribution in [2.24, 2.45) is 0 Å². The van der Waals surface area contributed by atoms with Crippen molar-refractivity contribution in [3.8, 4) is 0 Å². The van der Waals surface area contributed by atoms with Gasteiger partial charge in [-0.2, -0.15) is 0 Å². The first-order valence-electron chi connectivity index (χ1n) is 9.58. The number of benzene rings is 2. The van der Waals surface area contributed by atoms with Gasteiger partial charge in [-0.05, 0) is 55.6 Å². The van der Waals surface area contributed by atoms with Crippen molar-refractivity contribution in [1.82, 2.24) is 19.9 Å². The Hall–Kier alpha value is -2.28. The monoisotopic (exact) mass is 398 g/mol. The third-order valence-electron chi connectivity index (χ3n) is 5.54. The van der Waals surface area contributed by atoms with E-state index in [1.165, 1.54) is 4.68 Å². The lowest BCUT2D eigenvalue weighted by atomic mass is 9.84. The molecule has 0 spiro atoms. The third-order valence-corrected chi connectivity index (χ3v) is 5.79. The fourth-order valence-electron chi connectivity index (χ4n) is 3.81. The molecule has 1 aromatic heterocycles. The lowest BCUT2D eigenvalue weighted by Gasteiger charge is -2.38. The van der Waals surface area contributed by atoms with Gasteiger partial charge < -0.3 is 10.0 Å². The van der Waals surface area contributed by atoms with Crippen molar-refractivity contribution in [3.05, 3.63) is 69.5 Å². The van der Waals surface area contributed by atoms with Crippen LogP contribution in [0.1, 0.15) is 24.8 Å². The van der Waals surface area contributed by atoms with Crippen LogP contribution in [0.3, 0.4) is 0 Å². The summed E-state index contributed by atoms with van der Waals surface area (Å²) < 4.78 is 1.44. The zero-order valence-electron chi connectivity index (χ0n) is 15.6. The molecule has 4 rings (SSSR count). The lowest BCUT2D eigenvalue weighted by molar-refractivity contribution is -0.0262. The van der Waals surface area contributed by atoms with Gasteiger partial charge in [-0.25, -0.2) is 4.68 Å². The Kier molecular flexibility index (Phi) is 5.44. The van der Waals surface area contributed by atoms with Gasteiger partial charge in [-0.1, -0.05) is 41.1 Å². The zero-order chi connectivity index (χ0) is 19.6. The van der Waals surface area contributed by atoms with E-state index in [1.807, 2.05) is 36.4 Å². The molecule has 0 unspecified atom stereocenters. The quantitative estimate of drug-likeness (QED) is 0.715. The van der Waals surface area contributed by atoms with Crippen LogP contribution < -0.4 is 5.56 Å². The molecule has 0 amide bonds. The average Bonchev–Trinajstić information content (AvgIpc) is 2.72. The van der Waals surface area contributed by atoms with Gasteiger partial charge in [0.2, 0.25) is 0 Å². The highest BCUT2D eigenvalue weighted by molar-refractivity contribution is 6.30. The summed E-state index contributed by atoms with van der Waals surface area (Å²) in [7, 11) is 0. The van der Waals surface area contributed by atoms with Crippen molar-refractivity contribution in [2.45, 2.75) is 31.4 Å². The van der Waals surface area contributed by atoms with Crippen LogP contribution in [0, 0.1) is 0 Å². The maximum atomic E-state index is 12.5. The summed E-state index contributed by atoms with van der Waals surface area (Å²) >= 11 is 5.95. The molecule has 2 heterocycles. The second kappa shape index (κ2) is 7.99. The van der Waals surface area contributed by atoms with E-state index >= 15 is 0 Å². The molecular weight excluding hydrogens is 376 g/mol. The van der Waals surface area contributed by atoms with Crippen LogP contribution in [-0.2, 0) is 12.1 Å². The van der Waals surface area contributed by atoms with Gasteiger partial charge in [0.1, 0.15) is 5.52 Å². The molecule has 0 radical (unpaired) electrons. The highest BCUT2D eigenvalue weighted by atomic mass is 35.5. The van der Waals surface area contributed by atoms with E-state index in [4.69, 9.17) is 11.6 Å². The summed E-state index contributed by atoms with van der Waals surface area (Å²) in [6, 6.07) is 14.7. The molecule has 0 saturated carbocycles. The molecule has 2 aromatic carbocycles. The number of hydrogen-bond acceptors (Lipinski definition) is 5. The van der Waals surface area contributed by atoms with E-state index in [9.17, 15) is 9.90 Å². The minimum absolute atomic E-state index is 0.0960. The van der Waals surface area contributed by atoms with Gasteiger partial charge >= 0.3 is 0 Å². The molecule has 3 aromatic rings. The Balaban J connectivity index is 1.32. The summed E-state index contributed by atoms with van der Waals surface area (Å²) in [6.45, 7) is 3.03. The van der Waals surface area contributed by atoms with Gasteiger partial charge in [0.05, 0.1) is 11.0 Å². The fraction of sp³-hybridized carbons (Fsp3) is 0.381. The molecule has 1 aliphatic heterocycles. The van der Waals surface area contributed by atoms with Gasteiger partial charge in [-0.15, -0.1) is 5.10 Å². The molecule has 7 heteroatoms. The number of hydrogen-bond donors (Lipinski definition) is 1. The van der Waals surface area contributed by atoms with Crippen LogP contribution in [0.4, 0.5) is 0 Å². The first kappa shape index (κ1) is 19.1. The Morgan fingerprint density at radius 2 is 1.75 bits per heavy atom. The van der Waals surface area contributed by atoms with Crippen molar-refractivity contribution in [1.29, 1.82) is 0 Å². The standard InChI is InChI=1S/C21H23ClN4O2/c22-17-8-6-16(7-9-17)21(28)10-14-25(15-11-21)12-3-13-26-20(27)18-4-1-2-5-19(18)23-24-26/h1-2,4-9,28H,3,10-15H2. The van der Waals surface area contributed by atoms with E-state index in [0.29, 0.717) is 35.3 Å². The van der Waals surface area contributed by atoms with Gasteiger partial charge in [-0.3, -0.25) is 4.79 Å². The molecule has 0 bridgehead atoms. The van der Waals surface area contributed by atoms with E-state index in [-0.39, 0.29) is 5.56 Å². The molecule has 146 valence electrons. The number of nitrogens with zero attached hydrogens (tertiary/aromatic N) is 4. The van der Waals surface area contributed by atoms with Crippen molar-refractivity contribution in [3.63, 3.8) is 0 Å². The molecule has 1 fully saturated rings. The number of aliphatic hydroxyl groups is 1. The average molecular weight is 399 g/mol. The van der Waals surface area contributed by atoms with Crippen LogP contribution >= 0.6 is 11.6 Å². The molecule has 0 atom stereocenters. The van der Waals surface area contributed by atoms with Crippen LogP contribution in [0.25, 0.3) is 10.9 Å². The van der Waals surface area contributed by atoms with Gasteiger partial charge in [0.25, 0.3) is 5.56 Å². The number of aryl methyl sites for hydroxylation is 1. The topological polar surface area (TPSA) is 71.2 Å². The number of halogens is 1. The van der Waals surface area contributed by atoms with Crippen LogP contribution in [0.2, 0.25) is 5.02 Å². The number of rotatable bonds is 5. The smallest absolute Gasteiger partial charge is 0.277 e. The minimum Gasteiger partial charge on any atom is -0.385 e. The first-order chi connectivity index (χ1) is 13.5. The van der Waals surface area contributed by atoms with E-state index < -0.39 is 5.60 Å². The van der Waals surface area contributed by atoms with Crippen LogP contribution in [0.5, 0.6) is 0 Å². The molecular formula is C21H23ClN4O2. The predicted molar refractivity (Wildman–Crippen MR) is 109 cm³/mol. The summed E-state index contributed by atoms with van der Waals surface area (Å²) in [6.07, 6.45) is 2.18. The largest absolute Gasteiger partial charge is 0.385 e. The number of piperidine rings is 1. The molecule has 1 aliphatic rings. The predicted octanol–water partition coefficient (Wildman–Crippen LogP) is 2.82. The SMILES string of the molecule is O=c1c2ccccc2nnn1CCCN1CCC(O)(c2ccc(Cl)cc2)CC1. The summed E-state index contributed by atoms with van der Waals surface area (Å²) in [5, 5.41) is 20.4. The first-order valence-corrected chi connectivity index (χ1v) is 9.96. The van der Waals surface area contributed by atoms with E-state index in [0.717, 1.165) is 31.6 Å². The molecule has 6 nitrogen and oxygen atoms in total. The summed E-state index contributed by atoms with van der Waals surface area (Å²) in [5.41, 5.74) is 0.666. The fourth-order valence-corrected chi connectivity index (χ4v) is 3.94. The Morgan fingerprint density at radius 3 is 2.50 bits per heavy atom. The summed E-state index contributed by atoms with van der Waals surface area (Å²) in [5.74, 6) is 0. The Morgan fingerprint density at radius 1 is 1.04 bits per heavy atom. The lowest BCUT2D eigenvalue weighted by Crippen LogP contribution is -2.43. The third kappa shape index (κ3) is 3.94. The molecule has 1 saturated heterocycles. The second-order valence-electron chi connectivity index (χ2n) is 7.37. The van der Waals surface area contributed by atoms with E-state index in [1.54, 1.807) is 12.1 Å². The summed E-state index contributed by atoms with van der Waals surface area (Å²) in [4.78, 5) is 14.8. The van der Waals surface area contributed by atoms with E-state index in [2.05, 4.69) is 15.2 Å². The normalized spacial score (nSPS) is 17.1. The van der Waals surface area contributed by atoms with Crippen LogP contribution in [-0.4, -0.2) is 44.6 Å². The highest BCUT2D eigenvalue weighted by Gasteiger charge is 2.33. The zero-order valence-corrected chi connectivity index (χ0v) is 16.3.